The quantitative estimate of drug-likeness (QED) is 0.914. The molecule has 2 aromatic rings. The van der Waals surface area contributed by atoms with Crippen LogP contribution in [0.5, 0.6) is 0 Å². The number of hydrogen-bond acceptors (Lipinski definition) is 4. The lowest BCUT2D eigenvalue weighted by atomic mass is 10.0. The van der Waals surface area contributed by atoms with E-state index in [4.69, 9.17) is 4.74 Å². The van der Waals surface area contributed by atoms with Crippen LogP contribution in [0, 0.1) is 6.92 Å². The van der Waals surface area contributed by atoms with Gasteiger partial charge in [0.05, 0.1) is 29.5 Å². The van der Waals surface area contributed by atoms with Gasteiger partial charge in [-0.05, 0) is 40.0 Å². The predicted octanol–water partition coefficient (Wildman–Crippen LogP) is 2.08. The second-order valence-electron chi connectivity index (χ2n) is 4.23. The number of rotatable bonds is 5. The van der Waals surface area contributed by atoms with Gasteiger partial charge in [-0.3, -0.25) is 9.67 Å². The average molecular weight is 326 g/mol. The van der Waals surface area contributed by atoms with Crippen molar-refractivity contribution in [1.29, 1.82) is 0 Å². The maximum atomic E-state index is 10.6. The lowest BCUT2D eigenvalue weighted by Crippen LogP contribution is -2.14. The van der Waals surface area contributed by atoms with Gasteiger partial charge in [0.2, 0.25) is 0 Å². The second-order valence-corrected chi connectivity index (χ2v) is 5.08. The van der Waals surface area contributed by atoms with Gasteiger partial charge < -0.3 is 9.84 Å². The number of ether oxygens (including phenoxy) is 1. The van der Waals surface area contributed by atoms with E-state index in [0.717, 1.165) is 21.3 Å². The molecular weight excluding hydrogens is 310 g/mol. The molecule has 0 aliphatic heterocycles. The first-order valence-electron chi connectivity index (χ1n) is 5.94. The van der Waals surface area contributed by atoms with Crippen molar-refractivity contribution in [3.05, 3.63) is 46.0 Å². The number of aryl methyl sites for hydroxylation is 1. The number of hydrogen-bond donors (Lipinski definition) is 1. The van der Waals surface area contributed by atoms with E-state index in [1.54, 1.807) is 30.4 Å². The van der Waals surface area contributed by atoms with Crippen LogP contribution in [0.2, 0.25) is 0 Å². The van der Waals surface area contributed by atoms with E-state index in [2.05, 4.69) is 26.0 Å². The van der Waals surface area contributed by atoms with Gasteiger partial charge in [-0.2, -0.15) is 5.10 Å². The third kappa shape index (κ3) is 3.02. The Morgan fingerprint density at radius 2 is 2.26 bits per heavy atom. The zero-order valence-electron chi connectivity index (χ0n) is 10.9. The van der Waals surface area contributed by atoms with Gasteiger partial charge in [0.15, 0.2) is 0 Å². The topological polar surface area (TPSA) is 60.2 Å². The van der Waals surface area contributed by atoms with Crippen LogP contribution in [0.15, 0.2) is 29.1 Å². The third-order valence-corrected chi connectivity index (χ3v) is 3.57. The van der Waals surface area contributed by atoms with E-state index < -0.39 is 6.10 Å². The zero-order valence-corrected chi connectivity index (χ0v) is 12.5. The summed E-state index contributed by atoms with van der Waals surface area (Å²) in [6, 6.07) is 1.82. The lowest BCUT2D eigenvalue weighted by molar-refractivity contribution is 0.171. The Hall–Kier alpha value is -1.24. The van der Waals surface area contributed by atoms with Crippen molar-refractivity contribution in [3.8, 4) is 0 Å². The molecule has 0 amide bonds. The predicted molar refractivity (Wildman–Crippen MR) is 74.8 cm³/mol. The molecule has 0 aromatic carbocycles. The fourth-order valence-corrected chi connectivity index (χ4v) is 2.45. The fourth-order valence-electron chi connectivity index (χ4n) is 1.94. The van der Waals surface area contributed by atoms with Crippen LogP contribution in [0.25, 0.3) is 0 Å². The summed E-state index contributed by atoms with van der Waals surface area (Å²) >= 11 is 3.43. The van der Waals surface area contributed by atoms with Gasteiger partial charge in [0, 0.05) is 19.5 Å². The highest BCUT2D eigenvalue weighted by molar-refractivity contribution is 9.10. The summed E-state index contributed by atoms with van der Waals surface area (Å²) in [7, 11) is 1.64. The van der Waals surface area contributed by atoms with Crippen molar-refractivity contribution in [2.45, 2.75) is 19.6 Å². The van der Waals surface area contributed by atoms with E-state index in [-0.39, 0.29) is 0 Å². The van der Waals surface area contributed by atoms with Gasteiger partial charge in [-0.1, -0.05) is 0 Å². The molecule has 0 saturated carbocycles. The molecular formula is C13H16BrN3O2. The summed E-state index contributed by atoms with van der Waals surface area (Å²) in [5.41, 5.74) is 2.50. The molecule has 19 heavy (non-hydrogen) atoms. The van der Waals surface area contributed by atoms with Crippen LogP contribution in [0.1, 0.15) is 22.9 Å². The summed E-state index contributed by atoms with van der Waals surface area (Å²) in [6.45, 7) is 3.07. The van der Waals surface area contributed by atoms with E-state index in [0.29, 0.717) is 13.2 Å². The maximum absolute atomic E-state index is 10.6. The number of methoxy groups -OCH3 is 1. The highest BCUT2D eigenvalue weighted by Gasteiger charge is 2.20. The standard InChI is InChI=1S/C13H16BrN3O2/c1-9-7-15-4-3-10(9)13(18)12-11(14)8-16-17(12)5-6-19-2/h3-4,7-8,13,18H,5-6H2,1-2H3. The first-order valence-corrected chi connectivity index (χ1v) is 6.73. The number of pyridine rings is 1. The van der Waals surface area contributed by atoms with Gasteiger partial charge in [-0.25, -0.2) is 0 Å². The Bertz CT molecular complexity index is 557. The largest absolute Gasteiger partial charge is 0.383 e. The fraction of sp³-hybridized carbons (Fsp3) is 0.385. The Balaban J connectivity index is 2.35. The van der Waals surface area contributed by atoms with Crippen LogP contribution < -0.4 is 0 Å². The van der Waals surface area contributed by atoms with Crippen LogP contribution in [0.3, 0.4) is 0 Å². The smallest absolute Gasteiger partial charge is 0.122 e. The summed E-state index contributed by atoms with van der Waals surface area (Å²) in [5.74, 6) is 0. The number of halogens is 1. The average Bonchev–Trinajstić information content (AvgIpc) is 2.77. The number of aromatic nitrogens is 3. The Labute approximate surface area is 120 Å². The van der Waals surface area contributed by atoms with Crippen LogP contribution in [-0.4, -0.2) is 33.6 Å². The number of aliphatic hydroxyl groups is 1. The van der Waals surface area contributed by atoms with E-state index in [1.807, 2.05) is 13.0 Å². The Morgan fingerprint density at radius 3 is 2.95 bits per heavy atom. The molecule has 1 N–H and O–H groups in total. The SMILES string of the molecule is COCCn1ncc(Br)c1C(O)c1ccncc1C. The molecule has 1 unspecified atom stereocenters. The van der Waals surface area contributed by atoms with Crippen molar-refractivity contribution in [2.24, 2.45) is 0 Å². The first-order chi connectivity index (χ1) is 9.15. The molecule has 0 bridgehead atoms. The molecule has 1 atom stereocenters. The van der Waals surface area contributed by atoms with Crippen LogP contribution in [-0.2, 0) is 11.3 Å². The number of aliphatic hydroxyl groups excluding tert-OH is 1. The van der Waals surface area contributed by atoms with Crippen molar-refractivity contribution < 1.29 is 9.84 Å². The van der Waals surface area contributed by atoms with Crippen molar-refractivity contribution in [2.75, 3.05) is 13.7 Å². The molecule has 102 valence electrons. The minimum atomic E-state index is -0.739. The monoisotopic (exact) mass is 325 g/mol. The summed E-state index contributed by atoms with van der Waals surface area (Å²) in [5, 5.41) is 14.8. The summed E-state index contributed by atoms with van der Waals surface area (Å²) < 4.78 is 7.58. The minimum absolute atomic E-state index is 0.545. The molecule has 0 aliphatic carbocycles. The molecule has 0 fully saturated rings. The minimum Gasteiger partial charge on any atom is -0.383 e. The molecule has 6 heteroatoms. The molecule has 2 aromatic heterocycles. The maximum Gasteiger partial charge on any atom is 0.122 e. The van der Waals surface area contributed by atoms with Crippen molar-refractivity contribution in [3.63, 3.8) is 0 Å². The third-order valence-electron chi connectivity index (χ3n) is 2.96. The first kappa shape index (κ1) is 14.2. The van der Waals surface area contributed by atoms with E-state index >= 15 is 0 Å². The van der Waals surface area contributed by atoms with Crippen molar-refractivity contribution in [1.82, 2.24) is 14.8 Å². The summed E-state index contributed by atoms with van der Waals surface area (Å²) in [6.07, 6.45) is 4.36. The normalized spacial score (nSPS) is 12.6. The Kier molecular flexibility index (Phi) is 4.68. The van der Waals surface area contributed by atoms with Gasteiger partial charge >= 0.3 is 0 Å². The van der Waals surface area contributed by atoms with E-state index in [1.165, 1.54) is 0 Å². The van der Waals surface area contributed by atoms with Gasteiger partial charge in [0.1, 0.15) is 6.10 Å². The van der Waals surface area contributed by atoms with Gasteiger partial charge in [-0.15, -0.1) is 0 Å². The molecule has 5 nitrogen and oxygen atoms in total. The molecule has 0 saturated heterocycles. The molecule has 2 heterocycles. The lowest BCUT2D eigenvalue weighted by Gasteiger charge is -2.16. The Morgan fingerprint density at radius 1 is 1.47 bits per heavy atom. The highest BCUT2D eigenvalue weighted by Crippen LogP contribution is 2.29. The number of nitrogens with zero attached hydrogens (tertiary/aromatic N) is 3. The highest BCUT2D eigenvalue weighted by atomic mass is 79.9. The van der Waals surface area contributed by atoms with Gasteiger partial charge in [0.25, 0.3) is 0 Å². The molecule has 0 spiro atoms. The van der Waals surface area contributed by atoms with Crippen LogP contribution >= 0.6 is 15.9 Å². The van der Waals surface area contributed by atoms with Crippen LogP contribution in [0.4, 0.5) is 0 Å². The summed E-state index contributed by atoms with van der Waals surface area (Å²) in [4.78, 5) is 4.04. The molecule has 0 radical (unpaired) electrons. The zero-order chi connectivity index (χ0) is 13.8. The molecule has 2 rings (SSSR count). The van der Waals surface area contributed by atoms with Crippen molar-refractivity contribution >= 4 is 15.9 Å². The second kappa shape index (κ2) is 6.27. The van der Waals surface area contributed by atoms with E-state index in [9.17, 15) is 5.11 Å². The molecule has 0 aliphatic rings.